The fourth-order valence-corrected chi connectivity index (χ4v) is 2.81. The van der Waals surface area contributed by atoms with Gasteiger partial charge in [-0.15, -0.1) is 0 Å². The van der Waals surface area contributed by atoms with E-state index in [1.807, 2.05) is 51.1 Å². The van der Waals surface area contributed by atoms with Crippen LogP contribution in [0.4, 0.5) is 5.69 Å². The maximum absolute atomic E-state index is 12.3. The van der Waals surface area contributed by atoms with Crippen LogP contribution in [0, 0.1) is 20.8 Å². The molecule has 0 unspecified atom stereocenters. The molecule has 2 N–H and O–H groups in total. The van der Waals surface area contributed by atoms with Gasteiger partial charge in [0.05, 0.1) is 6.54 Å². The first-order valence-corrected chi connectivity index (χ1v) is 8.74. The molecule has 0 saturated carbocycles. The van der Waals surface area contributed by atoms with Crippen LogP contribution >= 0.6 is 0 Å². The summed E-state index contributed by atoms with van der Waals surface area (Å²) in [7, 11) is 0. The van der Waals surface area contributed by atoms with E-state index in [0.717, 1.165) is 22.4 Å². The number of aryl methyl sites for hydroxylation is 3. The number of hydrogen-bond donors (Lipinski definition) is 2. The van der Waals surface area contributed by atoms with Gasteiger partial charge in [0, 0.05) is 11.3 Å². The van der Waals surface area contributed by atoms with Crippen molar-refractivity contribution in [1.82, 2.24) is 5.32 Å². The average Bonchev–Trinajstić information content (AvgIpc) is 3.08. The third-order valence-electron chi connectivity index (χ3n) is 4.10. The molecule has 3 aromatic rings. The van der Waals surface area contributed by atoms with Crippen LogP contribution in [0.2, 0.25) is 0 Å². The third kappa shape index (κ3) is 4.85. The standard InChI is InChI=1S/C22H22N2O3/c1-14-4-6-17(7-5-14)21(25)23-13-19-8-9-20(27-19)22(26)24-18-11-15(2)10-16(3)12-18/h4-12H,13H2,1-3H3,(H,23,25)(H,24,26). The second-order valence-electron chi connectivity index (χ2n) is 6.65. The second kappa shape index (κ2) is 7.91. The monoisotopic (exact) mass is 362 g/mol. The number of hydrogen-bond acceptors (Lipinski definition) is 3. The Bertz CT molecular complexity index is 951. The molecule has 0 atom stereocenters. The van der Waals surface area contributed by atoms with E-state index in [9.17, 15) is 9.59 Å². The van der Waals surface area contributed by atoms with Gasteiger partial charge in [0.1, 0.15) is 5.76 Å². The van der Waals surface area contributed by atoms with Crippen LogP contribution in [0.1, 0.15) is 43.4 Å². The Balaban J connectivity index is 1.59. The summed E-state index contributed by atoms with van der Waals surface area (Å²) in [6.45, 7) is 6.13. The Labute approximate surface area is 158 Å². The highest BCUT2D eigenvalue weighted by atomic mass is 16.4. The molecular formula is C22H22N2O3. The summed E-state index contributed by atoms with van der Waals surface area (Å²) in [6, 6.07) is 16.4. The normalized spacial score (nSPS) is 10.5. The Morgan fingerprint density at radius 1 is 0.815 bits per heavy atom. The Morgan fingerprint density at radius 3 is 2.15 bits per heavy atom. The molecule has 3 rings (SSSR count). The van der Waals surface area contributed by atoms with Crippen molar-refractivity contribution in [2.24, 2.45) is 0 Å². The number of carbonyl (C=O) groups is 2. The minimum atomic E-state index is -0.323. The van der Waals surface area contributed by atoms with Crippen molar-refractivity contribution in [3.05, 3.63) is 88.4 Å². The van der Waals surface area contributed by atoms with Gasteiger partial charge in [0.15, 0.2) is 5.76 Å². The molecule has 5 heteroatoms. The van der Waals surface area contributed by atoms with Gasteiger partial charge in [-0.3, -0.25) is 9.59 Å². The molecule has 0 aliphatic heterocycles. The number of anilines is 1. The smallest absolute Gasteiger partial charge is 0.291 e. The average molecular weight is 362 g/mol. The van der Waals surface area contributed by atoms with E-state index >= 15 is 0 Å². The summed E-state index contributed by atoms with van der Waals surface area (Å²) in [5.41, 5.74) is 4.55. The highest BCUT2D eigenvalue weighted by molar-refractivity contribution is 6.02. The number of nitrogens with one attached hydrogen (secondary N) is 2. The summed E-state index contributed by atoms with van der Waals surface area (Å²) in [6.07, 6.45) is 0. The maximum Gasteiger partial charge on any atom is 0.291 e. The molecule has 0 radical (unpaired) electrons. The largest absolute Gasteiger partial charge is 0.454 e. The zero-order valence-corrected chi connectivity index (χ0v) is 15.6. The molecule has 0 spiro atoms. The lowest BCUT2D eigenvalue weighted by molar-refractivity contribution is 0.0948. The van der Waals surface area contributed by atoms with Gasteiger partial charge in [-0.25, -0.2) is 0 Å². The zero-order valence-electron chi connectivity index (χ0n) is 15.6. The van der Waals surface area contributed by atoms with Crippen molar-refractivity contribution in [3.63, 3.8) is 0 Å². The van der Waals surface area contributed by atoms with Gasteiger partial charge in [0.2, 0.25) is 0 Å². The maximum atomic E-state index is 12.3. The number of rotatable bonds is 5. The van der Waals surface area contributed by atoms with Crippen molar-refractivity contribution in [2.45, 2.75) is 27.3 Å². The molecule has 5 nitrogen and oxygen atoms in total. The first-order valence-electron chi connectivity index (χ1n) is 8.74. The third-order valence-corrected chi connectivity index (χ3v) is 4.10. The Hall–Kier alpha value is -3.34. The van der Waals surface area contributed by atoms with Gasteiger partial charge in [-0.2, -0.15) is 0 Å². The lowest BCUT2D eigenvalue weighted by Gasteiger charge is -2.06. The van der Waals surface area contributed by atoms with Crippen LogP contribution in [0.25, 0.3) is 0 Å². The second-order valence-corrected chi connectivity index (χ2v) is 6.65. The summed E-state index contributed by atoms with van der Waals surface area (Å²) < 4.78 is 5.56. The number of carbonyl (C=O) groups excluding carboxylic acids is 2. The Morgan fingerprint density at radius 2 is 1.48 bits per heavy atom. The van der Waals surface area contributed by atoms with Crippen LogP contribution in [-0.4, -0.2) is 11.8 Å². The molecule has 2 aromatic carbocycles. The summed E-state index contributed by atoms with van der Waals surface area (Å²) in [5, 5.41) is 5.62. The van der Waals surface area contributed by atoms with E-state index in [1.54, 1.807) is 24.3 Å². The molecule has 2 amide bonds. The van der Waals surface area contributed by atoms with Gasteiger partial charge < -0.3 is 15.1 Å². The van der Waals surface area contributed by atoms with E-state index in [4.69, 9.17) is 4.42 Å². The van der Waals surface area contributed by atoms with Crippen molar-refractivity contribution >= 4 is 17.5 Å². The molecule has 138 valence electrons. The lowest BCUT2D eigenvalue weighted by Crippen LogP contribution is -2.22. The fraction of sp³-hybridized carbons (Fsp3) is 0.182. The molecule has 0 bridgehead atoms. The molecule has 0 aliphatic carbocycles. The van der Waals surface area contributed by atoms with E-state index in [-0.39, 0.29) is 24.1 Å². The number of benzene rings is 2. The van der Waals surface area contributed by atoms with Crippen molar-refractivity contribution in [2.75, 3.05) is 5.32 Å². The van der Waals surface area contributed by atoms with Crippen LogP contribution in [0.15, 0.2) is 59.0 Å². The molecule has 0 aliphatic rings. The fourth-order valence-electron chi connectivity index (χ4n) is 2.81. The van der Waals surface area contributed by atoms with Crippen molar-refractivity contribution < 1.29 is 14.0 Å². The minimum absolute atomic E-state index is 0.187. The van der Waals surface area contributed by atoms with Crippen LogP contribution in [0.3, 0.4) is 0 Å². The van der Waals surface area contributed by atoms with E-state index in [1.165, 1.54) is 0 Å². The number of amides is 2. The van der Waals surface area contributed by atoms with Crippen LogP contribution in [0.5, 0.6) is 0 Å². The van der Waals surface area contributed by atoms with Gasteiger partial charge in [-0.1, -0.05) is 23.8 Å². The summed E-state index contributed by atoms with van der Waals surface area (Å²) in [5.74, 6) is 0.207. The molecule has 1 aromatic heterocycles. The predicted octanol–water partition coefficient (Wildman–Crippen LogP) is 4.39. The van der Waals surface area contributed by atoms with Gasteiger partial charge in [-0.05, 0) is 68.3 Å². The zero-order chi connectivity index (χ0) is 19.4. The van der Waals surface area contributed by atoms with Gasteiger partial charge in [0.25, 0.3) is 11.8 Å². The molecule has 0 fully saturated rings. The molecule has 1 heterocycles. The molecule has 27 heavy (non-hydrogen) atoms. The first-order chi connectivity index (χ1) is 12.9. The van der Waals surface area contributed by atoms with E-state index < -0.39 is 0 Å². The van der Waals surface area contributed by atoms with E-state index in [2.05, 4.69) is 10.6 Å². The highest BCUT2D eigenvalue weighted by Gasteiger charge is 2.13. The quantitative estimate of drug-likeness (QED) is 0.707. The minimum Gasteiger partial charge on any atom is -0.454 e. The molecule has 0 saturated heterocycles. The first kappa shape index (κ1) is 18.5. The van der Waals surface area contributed by atoms with Crippen molar-refractivity contribution in [1.29, 1.82) is 0 Å². The summed E-state index contributed by atoms with van der Waals surface area (Å²) >= 11 is 0. The SMILES string of the molecule is Cc1ccc(C(=O)NCc2ccc(C(=O)Nc3cc(C)cc(C)c3)o2)cc1. The predicted molar refractivity (Wildman–Crippen MR) is 105 cm³/mol. The topological polar surface area (TPSA) is 71.3 Å². The highest BCUT2D eigenvalue weighted by Crippen LogP contribution is 2.16. The van der Waals surface area contributed by atoms with Crippen molar-refractivity contribution in [3.8, 4) is 0 Å². The van der Waals surface area contributed by atoms with Gasteiger partial charge >= 0.3 is 0 Å². The summed E-state index contributed by atoms with van der Waals surface area (Å²) in [4.78, 5) is 24.5. The molecular weight excluding hydrogens is 340 g/mol. The number of furan rings is 1. The van der Waals surface area contributed by atoms with Crippen LogP contribution in [-0.2, 0) is 6.54 Å². The van der Waals surface area contributed by atoms with Crippen LogP contribution < -0.4 is 10.6 Å². The lowest BCUT2D eigenvalue weighted by atomic mass is 10.1. The Kier molecular flexibility index (Phi) is 5.41. The van der Waals surface area contributed by atoms with E-state index in [0.29, 0.717) is 11.3 Å².